The summed E-state index contributed by atoms with van der Waals surface area (Å²) < 4.78 is 13.9. The third-order valence-corrected chi connectivity index (χ3v) is 4.23. The average Bonchev–Trinajstić information content (AvgIpc) is 2.56. The van der Waals surface area contributed by atoms with Gasteiger partial charge in [-0.25, -0.2) is 9.37 Å². The summed E-state index contributed by atoms with van der Waals surface area (Å²) in [6.45, 7) is 3.79. The van der Waals surface area contributed by atoms with Crippen LogP contribution in [0, 0.1) is 19.7 Å². The van der Waals surface area contributed by atoms with Crippen molar-refractivity contribution in [3.8, 4) is 0 Å². The van der Waals surface area contributed by atoms with Crippen LogP contribution < -0.4 is 0 Å². The maximum Gasteiger partial charge on any atom is 0.124 e. The monoisotopic (exact) mass is 329 g/mol. The molecule has 0 radical (unpaired) electrons. The second-order valence-corrected chi connectivity index (χ2v) is 6.33. The molecule has 1 aromatic carbocycles. The fraction of sp³-hybridized carbons (Fsp3) is 0.308. The second kappa shape index (κ2) is 5.47. The molecule has 0 bridgehead atoms. The highest BCUT2D eigenvalue weighted by Crippen LogP contribution is 2.28. The third kappa shape index (κ3) is 3.16. The smallest absolute Gasteiger partial charge is 0.124 e. The lowest BCUT2D eigenvalue weighted by molar-refractivity contribution is 0.181. The Hall–Kier alpha value is -0.780. The van der Waals surface area contributed by atoms with Crippen LogP contribution in [0.5, 0.6) is 0 Å². The normalized spacial score (nSPS) is 12.7. The number of aryl methyl sites for hydroxylation is 2. The summed E-state index contributed by atoms with van der Waals surface area (Å²) in [7, 11) is 0. The highest BCUT2D eigenvalue weighted by Gasteiger charge is 2.15. The van der Waals surface area contributed by atoms with Gasteiger partial charge in [0, 0.05) is 10.9 Å². The van der Waals surface area contributed by atoms with Crippen molar-refractivity contribution in [3.05, 3.63) is 49.6 Å². The Morgan fingerprint density at radius 1 is 1.39 bits per heavy atom. The maximum atomic E-state index is 13.2. The van der Waals surface area contributed by atoms with Crippen molar-refractivity contribution in [2.45, 2.75) is 26.4 Å². The molecular weight excluding hydrogens is 317 g/mol. The molecule has 96 valence electrons. The molecule has 0 fully saturated rings. The zero-order valence-electron chi connectivity index (χ0n) is 10.1. The van der Waals surface area contributed by atoms with Gasteiger partial charge in [0.05, 0.1) is 21.7 Å². The van der Waals surface area contributed by atoms with Gasteiger partial charge in [0.15, 0.2) is 0 Å². The average molecular weight is 330 g/mol. The van der Waals surface area contributed by atoms with E-state index in [-0.39, 0.29) is 5.82 Å². The van der Waals surface area contributed by atoms with E-state index in [0.29, 0.717) is 10.9 Å². The molecule has 1 aromatic heterocycles. The first-order valence-corrected chi connectivity index (χ1v) is 7.13. The Balaban J connectivity index is 2.20. The summed E-state index contributed by atoms with van der Waals surface area (Å²) in [6, 6.07) is 4.66. The van der Waals surface area contributed by atoms with E-state index >= 15 is 0 Å². The van der Waals surface area contributed by atoms with Gasteiger partial charge in [-0.15, -0.1) is 11.3 Å². The second-order valence-electron chi connectivity index (χ2n) is 4.18. The SMILES string of the molecule is Cc1nc(C)c(C(O)Cc2cc(F)cc(Br)c2)s1. The molecule has 2 aromatic rings. The lowest BCUT2D eigenvalue weighted by Crippen LogP contribution is -2.02. The van der Waals surface area contributed by atoms with E-state index in [2.05, 4.69) is 20.9 Å². The van der Waals surface area contributed by atoms with Crippen molar-refractivity contribution >= 4 is 27.3 Å². The van der Waals surface area contributed by atoms with Crippen molar-refractivity contribution in [3.63, 3.8) is 0 Å². The minimum atomic E-state index is -0.634. The van der Waals surface area contributed by atoms with Crippen LogP contribution in [0.3, 0.4) is 0 Å². The molecule has 1 atom stereocenters. The van der Waals surface area contributed by atoms with E-state index in [1.54, 1.807) is 0 Å². The zero-order chi connectivity index (χ0) is 13.3. The van der Waals surface area contributed by atoms with Crippen LogP contribution in [-0.4, -0.2) is 10.1 Å². The first-order chi connectivity index (χ1) is 8.45. The van der Waals surface area contributed by atoms with E-state index in [0.717, 1.165) is 21.1 Å². The number of aliphatic hydroxyl groups excluding tert-OH is 1. The molecule has 0 aliphatic heterocycles. The van der Waals surface area contributed by atoms with E-state index in [4.69, 9.17) is 0 Å². The lowest BCUT2D eigenvalue weighted by Gasteiger charge is -2.10. The summed E-state index contributed by atoms with van der Waals surface area (Å²) in [5.74, 6) is -0.302. The number of hydrogen-bond acceptors (Lipinski definition) is 3. The van der Waals surface area contributed by atoms with Crippen LogP contribution in [0.4, 0.5) is 4.39 Å². The molecule has 0 saturated heterocycles. The maximum absolute atomic E-state index is 13.2. The standard InChI is InChI=1S/C13H13BrFNOS/c1-7-13(18-8(2)16-7)12(17)5-9-3-10(14)6-11(15)4-9/h3-4,6,12,17H,5H2,1-2H3. The highest BCUT2D eigenvalue weighted by molar-refractivity contribution is 9.10. The largest absolute Gasteiger partial charge is 0.387 e. The molecule has 0 aliphatic rings. The number of rotatable bonds is 3. The number of nitrogens with zero attached hydrogens (tertiary/aromatic N) is 1. The van der Waals surface area contributed by atoms with Crippen LogP contribution in [0.15, 0.2) is 22.7 Å². The Bertz CT molecular complexity index is 550. The van der Waals surface area contributed by atoms with Gasteiger partial charge < -0.3 is 5.11 Å². The molecule has 0 saturated carbocycles. The van der Waals surface area contributed by atoms with Crippen LogP contribution in [0.2, 0.25) is 0 Å². The van der Waals surface area contributed by atoms with E-state index in [1.807, 2.05) is 19.9 Å². The van der Waals surface area contributed by atoms with Gasteiger partial charge in [0.2, 0.25) is 0 Å². The minimum Gasteiger partial charge on any atom is -0.387 e. The quantitative estimate of drug-likeness (QED) is 0.925. The fourth-order valence-electron chi connectivity index (χ4n) is 1.90. The number of aliphatic hydroxyl groups is 1. The topological polar surface area (TPSA) is 33.1 Å². The Kier molecular flexibility index (Phi) is 4.14. The van der Waals surface area contributed by atoms with Crippen molar-refractivity contribution in [1.82, 2.24) is 4.98 Å². The summed E-state index contributed by atoms with van der Waals surface area (Å²) >= 11 is 4.73. The van der Waals surface area contributed by atoms with Crippen molar-refractivity contribution in [1.29, 1.82) is 0 Å². The van der Waals surface area contributed by atoms with Crippen LogP contribution in [0.25, 0.3) is 0 Å². The molecule has 1 heterocycles. The molecule has 0 amide bonds. The molecule has 2 rings (SSSR count). The van der Waals surface area contributed by atoms with Gasteiger partial charge in [-0.2, -0.15) is 0 Å². The molecule has 2 nitrogen and oxygen atoms in total. The molecule has 5 heteroatoms. The molecule has 1 unspecified atom stereocenters. The van der Waals surface area contributed by atoms with Gasteiger partial charge in [-0.1, -0.05) is 15.9 Å². The molecular formula is C13H13BrFNOS. The van der Waals surface area contributed by atoms with Gasteiger partial charge in [-0.3, -0.25) is 0 Å². The summed E-state index contributed by atoms with van der Waals surface area (Å²) in [4.78, 5) is 5.14. The van der Waals surface area contributed by atoms with Crippen LogP contribution in [-0.2, 0) is 6.42 Å². The zero-order valence-corrected chi connectivity index (χ0v) is 12.5. The number of hydrogen-bond donors (Lipinski definition) is 1. The van der Waals surface area contributed by atoms with E-state index < -0.39 is 6.10 Å². The van der Waals surface area contributed by atoms with Crippen molar-refractivity contribution in [2.24, 2.45) is 0 Å². The van der Waals surface area contributed by atoms with Gasteiger partial charge in [-0.05, 0) is 37.6 Å². The molecule has 0 spiro atoms. The predicted molar refractivity (Wildman–Crippen MR) is 74.4 cm³/mol. The Morgan fingerprint density at radius 3 is 2.67 bits per heavy atom. The van der Waals surface area contributed by atoms with Gasteiger partial charge in [0.25, 0.3) is 0 Å². The number of benzene rings is 1. The third-order valence-electron chi connectivity index (χ3n) is 2.59. The fourth-order valence-corrected chi connectivity index (χ4v) is 3.33. The van der Waals surface area contributed by atoms with Crippen LogP contribution >= 0.6 is 27.3 Å². The van der Waals surface area contributed by atoms with Gasteiger partial charge >= 0.3 is 0 Å². The molecule has 0 aliphatic carbocycles. The lowest BCUT2D eigenvalue weighted by atomic mass is 10.1. The number of thiazole rings is 1. The summed E-state index contributed by atoms with van der Waals surface area (Å²) in [5.41, 5.74) is 1.61. The van der Waals surface area contributed by atoms with Gasteiger partial charge in [0.1, 0.15) is 5.82 Å². The summed E-state index contributed by atoms with van der Waals surface area (Å²) in [6.07, 6.45) is -0.247. The number of aromatic nitrogens is 1. The Labute approximate surface area is 118 Å². The Morgan fingerprint density at radius 2 is 2.11 bits per heavy atom. The first kappa shape index (κ1) is 13.6. The van der Waals surface area contributed by atoms with Crippen molar-refractivity contribution in [2.75, 3.05) is 0 Å². The van der Waals surface area contributed by atoms with Crippen LogP contribution in [0.1, 0.15) is 27.2 Å². The molecule has 1 N–H and O–H groups in total. The van der Waals surface area contributed by atoms with E-state index in [9.17, 15) is 9.50 Å². The predicted octanol–water partition coefficient (Wildman–Crippen LogP) is 3.94. The highest BCUT2D eigenvalue weighted by atomic mass is 79.9. The minimum absolute atomic E-state index is 0.302. The summed E-state index contributed by atoms with van der Waals surface area (Å²) in [5, 5.41) is 11.1. The van der Waals surface area contributed by atoms with E-state index in [1.165, 1.54) is 23.5 Å². The van der Waals surface area contributed by atoms with Crippen molar-refractivity contribution < 1.29 is 9.50 Å². The number of halogens is 2. The molecule has 18 heavy (non-hydrogen) atoms. The first-order valence-electron chi connectivity index (χ1n) is 5.52.